The van der Waals surface area contributed by atoms with Gasteiger partial charge in [0.2, 0.25) is 0 Å². The molecule has 0 fully saturated rings. The van der Waals surface area contributed by atoms with Crippen molar-refractivity contribution in [3.63, 3.8) is 0 Å². The molecule has 124 valence electrons. The Morgan fingerprint density at radius 1 is 0.731 bits per heavy atom. The molecule has 1 nitrogen and oxygen atoms in total. The molecule has 0 saturated heterocycles. The van der Waals surface area contributed by atoms with Crippen molar-refractivity contribution in [2.75, 3.05) is 0 Å². The molecule has 1 heterocycles. The minimum Gasteiger partial charge on any atom is -0.341 e. The Kier molecular flexibility index (Phi) is 2.71. The zero-order chi connectivity index (χ0) is 17.3. The zero-order valence-electron chi connectivity index (χ0n) is 14.8. The Bertz CT molecular complexity index is 1340. The second-order valence-corrected chi connectivity index (χ2v) is 7.28. The van der Waals surface area contributed by atoms with E-state index in [9.17, 15) is 0 Å². The predicted molar refractivity (Wildman–Crippen MR) is 111 cm³/mol. The average molecular weight is 333 g/mol. The summed E-state index contributed by atoms with van der Waals surface area (Å²) in [6, 6.07) is 27.0. The molecule has 6 rings (SSSR count). The Hall–Kier alpha value is -3.06. The summed E-state index contributed by atoms with van der Waals surface area (Å²) in [5.74, 6) is 0. The quantitative estimate of drug-likeness (QED) is 0.322. The fraction of sp³-hybridized carbons (Fsp3) is 0.120. The van der Waals surface area contributed by atoms with Crippen LogP contribution < -0.4 is 0 Å². The van der Waals surface area contributed by atoms with E-state index in [1.54, 1.807) is 0 Å². The monoisotopic (exact) mass is 333 g/mol. The highest BCUT2D eigenvalue weighted by atomic mass is 15.0. The number of hydrogen-bond donors (Lipinski definition) is 0. The van der Waals surface area contributed by atoms with Gasteiger partial charge in [-0.15, -0.1) is 0 Å². The van der Waals surface area contributed by atoms with Gasteiger partial charge in [-0.05, 0) is 64.6 Å². The van der Waals surface area contributed by atoms with E-state index in [-0.39, 0.29) is 0 Å². The first-order chi connectivity index (χ1) is 12.8. The van der Waals surface area contributed by atoms with E-state index in [1.807, 2.05) is 0 Å². The van der Waals surface area contributed by atoms with Crippen LogP contribution in [0.15, 0.2) is 72.8 Å². The summed E-state index contributed by atoms with van der Waals surface area (Å²) in [7, 11) is 0. The number of nitrogens with zero attached hydrogens (tertiary/aromatic N) is 1. The summed E-state index contributed by atoms with van der Waals surface area (Å²) in [5.41, 5.74) is 8.46. The van der Waals surface area contributed by atoms with Crippen LogP contribution in [-0.4, -0.2) is 4.57 Å². The van der Waals surface area contributed by atoms with E-state index in [0.717, 1.165) is 13.0 Å². The van der Waals surface area contributed by atoms with Crippen LogP contribution in [0.2, 0.25) is 0 Å². The van der Waals surface area contributed by atoms with Gasteiger partial charge < -0.3 is 4.57 Å². The third-order valence-electron chi connectivity index (χ3n) is 6.01. The van der Waals surface area contributed by atoms with E-state index in [1.165, 1.54) is 54.8 Å². The van der Waals surface area contributed by atoms with Crippen molar-refractivity contribution in [3.8, 4) is 11.1 Å². The highest BCUT2D eigenvalue weighted by molar-refractivity contribution is 6.10. The molecule has 0 spiro atoms. The highest BCUT2D eigenvalue weighted by Crippen LogP contribution is 2.43. The number of fused-ring (bicyclic) bond motifs is 8. The van der Waals surface area contributed by atoms with Crippen molar-refractivity contribution in [2.45, 2.75) is 19.9 Å². The van der Waals surface area contributed by atoms with E-state index < -0.39 is 0 Å². The largest absolute Gasteiger partial charge is 0.341 e. The number of para-hydroxylation sites is 1. The molecule has 0 amide bonds. The molecular weight excluding hydrogens is 314 g/mol. The molecular formula is C25H19N. The van der Waals surface area contributed by atoms with Crippen LogP contribution in [0, 0.1) is 0 Å². The summed E-state index contributed by atoms with van der Waals surface area (Å²) in [6.45, 7) is 3.23. The molecule has 1 aliphatic carbocycles. The summed E-state index contributed by atoms with van der Waals surface area (Å²) in [6.07, 6.45) is 1.04. The summed E-state index contributed by atoms with van der Waals surface area (Å²) < 4.78 is 2.45. The van der Waals surface area contributed by atoms with Gasteiger partial charge in [0.15, 0.2) is 0 Å². The van der Waals surface area contributed by atoms with Crippen LogP contribution in [0.25, 0.3) is 43.7 Å². The third-order valence-corrected chi connectivity index (χ3v) is 6.01. The van der Waals surface area contributed by atoms with Crippen molar-refractivity contribution >= 4 is 32.6 Å². The molecule has 0 bridgehead atoms. The minimum absolute atomic E-state index is 0.993. The molecule has 0 atom stereocenters. The fourth-order valence-electron chi connectivity index (χ4n) is 4.85. The van der Waals surface area contributed by atoms with Crippen molar-refractivity contribution in [2.24, 2.45) is 0 Å². The van der Waals surface area contributed by atoms with Crippen molar-refractivity contribution < 1.29 is 0 Å². The third kappa shape index (κ3) is 1.70. The highest BCUT2D eigenvalue weighted by Gasteiger charge is 2.22. The molecule has 26 heavy (non-hydrogen) atoms. The van der Waals surface area contributed by atoms with Gasteiger partial charge in [-0.3, -0.25) is 0 Å². The second-order valence-electron chi connectivity index (χ2n) is 7.28. The predicted octanol–water partition coefficient (Wildman–Crippen LogP) is 6.54. The second kappa shape index (κ2) is 4.98. The van der Waals surface area contributed by atoms with Crippen molar-refractivity contribution in [1.29, 1.82) is 0 Å². The molecule has 0 N–H and O–H groups in total. The topological polar surface area (TPSA) is 4.93 Å². The summed E-state index contributed by atoms with van der Waals surface area (Å²) in [4.78, 5) is 0. The van der Waals surface area contributed by atoms with Gasteiger partial charge in [0.1, 0.15) is 0 Å². The maximum absolute atomic E-state index is 2.45. The Morgan fingerprint density at radius 2 is 1.54 bits per heavy atom. The van der Waals surface area contributed by atoms with Gasteiger partial charge in [0.25, 0.3) is 0 Å². The molecule has 4 aromatic carbocycles. The zero-order valence-corrected chi connectivity index (χ0v) is 14.8. The maximum Gasteiger partial charge on any atom is 0.0497 e. The number of benzene rings is 4. The first-order valence-electron chi connectivity index (χ1n) is 9.40. The minimum atomic E-state index is 0.993. The van der Waals surface area contributed by atoms with E-state index in [4.69, 9.17) is 0 Å². The van der Waals surface area contributed by atoms with E-state index >= 15 is 0 Å². The standard InChI is InChI=1S/C25H19N/c1-2-26-24-10-6-5-9-20(24)23-14-17-13-22-18-8-4-3-7-16(18)11-12-19(22)21(17)15-25(23)26/h3-12,14-15H,2,13H2,1H3. The van der Waals surface area contributed by atoms with Gasteiger partial charge >= 0.3 is 0 Å². The summed E-state index contributed by atoms with van der Waals surface area (Å²) in [5, 5.41) is 5.49. The molecule has 1 heteroatoms. The van der Waals surface area contributed by atoms with Crippen LogP contribution in [0.5, 0.6) is 0 Å². The van der Waals surface area contributed by atoms with Crippen LogP contribution in [0.3, 0.4) is 0 Å². The van der Waals surface area contributed by atoms with Gasteiger partial charge in [0, 0.05) is 28.4 Å². The van der Waals surface area contributed by atoms with Gasteiger partial charge in [-0.1, -0.05) is 54.6 Å². The van der Waals surface area contributed by atoms with Gasteiger partial charge in [0.05, 0.1) is 0 Å². The first kappa shape index (κ1) is 14.1. The normalized spacial score (nSPS) is 12.8. The number of rotatable bonds is 1. The van der Waals surface area contributed by atoms with Crippen molar-refractivity contribution in [1.82, 2.24) is 4.57 Å². The van der Waals surface area contributed by atoms with Gasteiger partial charge in [-0.2, -0.15) is 0 Å². The molecule has 0 unspecified atom stereocenters. The SMILES string of the molecule is CCn1c2ccccc2c2cc3c(cc21)-c1ccc2ccccc2c1C3. The maximum atomic E-state index is 2.45. The number of hydrogen-bond acceptors (Lipinski definition) is 0. The number of aromatic nitrogens is 1. The lowest BCUT2D eigenvalue weighted by Gasteiger charge is -2.07. The van der Waals surface area contributed by atoms with Crippen molar-refractivity contribution in [3.05, 3.63) is 83.9 Å². The average Bonchev–Trinajstić information content (AvgIpc) is 3.21. The molecule has 0 saturated carbocycles. The molecule has 1 aromatic heterocycles. The molecule has 0 radical (unpaired) electrons. The van der Waals surface area contributed by atoms with Gasteiger partial charge in [-0.25, -0.2) is 0 Å². The van der Waals surface area contributed by atoms with Crippen LogP contribution in [-0.2, 0) is 13.0 Å². The Balaban J connectivity index is 1.71. The molecule has 0 aliphatic heterocycles. The Morgan fingerprint density at radius 3 is 2.42 bits per heavy atom. The van der Waals surface area contributed by atoms with E-state index in [0.29, 0.717) is 0 Å². The lowest BCUT2D eigenvalue weighted by Crippen LogP contribution is -1.93. The van der Waals surface area contributed by atoms with E-state index in [2.05, 4.69) is 84.3 Å². The summed E-state index contributed by atoms with van der Waals surface area (Å²) >= 11 is 0. The van der Waals surface area contributed by atoms with Crippen LogP contribution >= 0.6 is 0 Å². The first-order valence-corrected chi connectivity index (χ1v) is 9.40. The smallest absolute Gasteiger partial charge is 0.0497 e. The van der Waals surface area contributed by atoms with Crippen LogP contribution in [0.4, 0.5) is 0 Å². The molecule has 1 aliphatic rings. The van der Waals surface area contributed by atoms with Crippen LogP contribution in [0.1, 0.15) is 18.1 Å². The molecule has 5 aromatic rings. The lowest BCUT2D eigenvalue weighted by molar-refractivity contribution is 0.827. The number of aryl methyl sites for hydroxylation is 1. The lowest BCUT2D eigenvalue weighted by atomic mass is 9.99. The Labute approximate surface area is 152 Å². The fourth-order valence-corrected chi connectivity index (χ4v) is 4.85.